The summed E-state index contributed by atoms with van der Waals surface area (Å²) in [4.78, 5) is 25.1. The Morgan fingerprint density at radius 3 is 2.83 bits per heavy atom. The van der Waals surface area contributed by atoms with Gasteiger partial charge in [-0.3, -0.25) is 9.59 Å². The summed E-state index contributed by atoms with van der Waals surface area (Å²) in [5.41, 5.74) is 2.59. The fraction of sp³-hybridized carbons (Fsp3) is 0.581. The number of nitrogens with zero attached hydrogens (tertiary/aromatic N) is 2. The van der Waals surface area contributed by atoms with Crippen LogP contribution in [0.1, 0.15) is 67.6 Å². The summed E-state index contributed by atoms with van der Waals surface area (Å²) in [5, 5.41) is 30.3. The summed E-state index contributed by atoms with van der Waals surface area (Å²) in [7, 11) is 0. The molecule has 0 spiro atoms. The van der Waals surface area contributed by atoms with Crippen molar-refractivity contribution in [2.45, 2.75) is 64.1 Å². The van der Waals surface area contributed by atoms with Crippen LogP contribution in [0.5, 0.6) is 0 Å². The van der Waals surface area contributed by atoms with E-state index in [1.165, 1.54) is 5.57 Å². The summed E-state index contributed by atoms with van der Waals surface area (Å²) in [6.07, 6.45) is 9.81. The number of benzene rings is 1. The number of aromatic nitrogens is 2. The number of thiol groups is 1. The number of aliphatic hydroxyl groups excluding tert-OH is 1. The van der Waals surface area contributed by atoms with Gasteiger partial charge in [-0.05, 0) is 97.8 Å². The van der Waals surface area contributed by atoms with E-state index in [-0.39, 0.29) is 29.1 Å². The molecule has 6 rings (SSSR count). The molecule has 3 N–H and O–H groups in total. The van der Waals surface area contributed by atoms with Crippen LogP contribution >= 0.6 is 24.4 Å². The molecule has 3 fully saturated rings. The third-order valence-electron chi connectivity index (χ3n) is 10.9. The van der Waals surface area contributed by atoms with Gasteiger partial charge < -0.3 is 15.5 Å². The van der Waals surface area contributed by atoms with Crippen molar-refractivity contribution in [2.75, 3.05) is 18.6 Å². The third kappa shape index (κ3) is 4.06. The van der Waals surface area contributed by atoms with Crippen LogP contribution in [-0.4, -0.2) is 61.3 Å². The third-order valence-corrected chi connectivity index (χ3v) is 11.9. The molecule has 0 aliphatic heterocycles. The van der Waals surface area contributed by atoms with Crippen molar-refractivity contribution in [3.8, 4) is 5.69 Å². The maximum atomic E-state index is 12.7. The van der Waals surface area contributed by atoms with Gasteiger partial charge in [0.15, 0.2) is 0 Å². The predicted octanol–water partition coefficient (Wildman–Crippen LogP) is 4.31. The van der Waals surface area contributed by atoms with E-state index in [1.54, 1.807) is 11.8 Å². The highest BCUT2D eigenvalue weighted by Crippen LogP contribution is 2.67. The van der Waals surface area contributed by atoms with E-state index in [0.29, 0.717) is 24.9 Å². The number of carbonyl (C=O) groups excluding carboxylic acids is 2. The molecular weight excluding hydrogens is 542 g/mol. The van der Waals surface area contributed by atoms with Gasteiger partial charge in [0.05, 0.1) is 23.7 Å². The van der Waals surface area contributed by atoms with Crippen LogP contribution in [0.2, 0.25) is 0 Å². The van der Waals surface area contributed by atoms with E-state index in [9.17, 15) is 19.8 Å². The van der Waals surface area contributed by atoms with E-state index in [1.807, 2.05) is 48.3 Å². The highest BCUT2D eigenvalue weighted by Gasteiger charge is 2.68. The van der Waals surface area contributed by atoms with Crippen molar-refractivity contribution >= 4 is 41.5 Å². The van der Waals surface area contributed by atoms with Gasteiger partial charge in [-0.2, -0.15) is 16.9 Å². The smallest absolute Gasteiger partial charge is 0.251 e. The topological polar surface area (TPSA) is 104 Å². The van der Waals surface area contributed by atoms with Gasteiger partial charge in [0.2, 0.25) is 5.12 Å². The molecule has 1 aromatic heterocycles. The first-order valence-electron chi connectivity index (χ1n) is 14.3. The zero-order valence-corrected chi connectivity index (χ0v) is 25.1. The average molecular weight is 582 g/mol. The van der Waals surface area contributed by atoms with Gasteiger partial charge in [0.25, 0.3) is 5.91 Å². The first-order valence-corrected chi connectivity index (χ1v) is 16.2. The SMILES string of the molecule is CSCCNC(=O)c1cccc(-n2ncc3c2C=C2CC[C@@H]4[C@H]([C@@H](O)C[C@@]5(C)[C@H]4CC[C@]5(O)C(=O)S)[C@@]2(C)C3)c1. The Hall–Kier alpha value is -2.07. The Bertz CT molecular complexity index is 1390. The summed E-state index contributed by atoms with van der Waals surface area (Å²) in [6.45, 7) is 4.91. The van der Waals surface area contributed by atoms with Crippen LogP contribution in [0.3, 0.4) is 0 Å². The van der Waals surface area contributed by atoms with Crippen LogP contribution in [0, 0.1) is 28.6 Å². The number of carbonyl (C=O) groups is 2. The molecule has 1 amide bonds. The molecule has 1 heterocycles. The summed E-state index contributed by atoms with van der Waals surface area (Å²) in [5.74, 6) is 1.24. The van der Waals surface area contributed by atoms with Crippen molar-refractivity contribution in [1.82, 2.24) is 15.1 Å². The van der Waals surface area contributed by atoms with E-state index in [0.717, 1.165) is 48.4 Å². The minimum Gasteiger partial charge on any atom is -0.393 e. The number of aliphatic hydroxyl groups is 2. The fourth-order valence-electron chi connectivity index (χ4n) is 8.89. The number of amides is 1. The molecule has 2 aromatic rings. The van der Waals surface area contributed by atoms with Crippen LogP contribution in [0.25, 0.3) is 11.8 Å². The zero-order chi connectivity index (χ0) is 28.4. The minimum absolute atomic E-state index is 0.0488. The quantitative estimate of drug-likeness (QED) is 0.300. The summed E-state index contributed by atoms with van der Waals surface area (Å²) >= 11 is 5.77. The zero-order valence-electron chi connectivity index (χ0n) is 23.4. The Morgan fingerprint density at radius 1 is 1.27 bits per heavy atom. The maximum absolute atomic E-state index is 12.7. The molecule has 0 bridgehead atoms. The van der Waals surface area contributed by atoms with Crippen LogP contribution in [-0.2, 0) is 11.2 Å². The molecular formula is C31H39N3O4S2. The highest BCUT2D eigenvalue weighted by atomic mass is 32.2. The van der Waals surface area contributed by atoms with Crippen molar-refractivity contribution in [1.29, 1.82) is 0 Å². The molecule has 214 valence electrons. The Balaban J connectivity index is 1.30. The van der Waals surface area contributed by atoms with Crippen LogP contribution in [0.4, 0.5) is 0 Å². The molecule has 40 heavy (non-hydrogen) atoms. The van der Waals surface area contributed by atoms with Crippen molar-refractivity contribution in [3.63, 3.8) is 0 Å². The fourth-order valence-corrected chi connectivity index (χ4v) is 9.57. The largest absolute Gasteiger partial charge is 0.393 e. The van der Waals surface area contributed by atoms with E-state index >= 15 is 0 Å². The van der Waals surface area contributed by atoms with Gasteiger partial charge in [-0.1, -0.05) is 25.5 Å². The lowest BCUT2D eigenvalue weighted by Crippen LogP contribution is -2.61. The maximum Gasteiger partial charge on any atom is 0.251 e. The van der Waals surface area contributed by atoms with E-state index < -0.39 is 22.2 Å². The number of rotatable bonds is 6. The first kappa shape index (κ1) is 28.1. The predicted molar refractivity (Wildman–Crippen MR) is 161 cm³/mol. The molecule has 3 saturated carbocycles. The number of allylic oxidation sites excluding steroid dienone is 1. The van der Waals surface area contributed by atoms with Gasteiger partial charge in [0.1, 0.15) is 5.60 Å². The van der Waals surface area contributed by atoms with Crippen LogP contribution in [0.15, 0.2) is 36.0 Å². The van der Waals surface area contributed by atoms with Crippen molar-refractivity contribution in [2.24, 2.45) is 28.6 Å². The number of hydrogen-bond donors (Lipinski definition) is 4. The van der Waals surface area contributed by atoms with E-state index in [2.05, 4.69) is 30.9 Å². The standard InChI is InChI=1S/C31H39N3O4S2/c1-29-15-19-17-33-34(21-6-4-5-18(13-21)27(36)32-11-12-40-3)24(19)14-20(29)7-8-22-23-9-10-31(38,28(37)39)30(23,2)16-25(35)26(22)29/h4-6,13-14,17,22-23,25-26,35,38H,7-12,15-16H2,1-3H3,(H,32,36)(H,37,39)/t22-,23-,25-,26+,29-,30-,31-/m0/s1. The lowest BCUT2D eigenvalue weighted by atomic mass is 9.45. The van der Waals surface area contributed by atoms with Crippen LogP contribution < -0.4 is 5.32 Å². The number of hydrogen-bond acceptors (Lipinski definition) is 6. The molecule has 1 aromatic carbocycles. The molecule has 7 nitrogen and oxygen atoms in total. The Labute approximate surface area is 245 Å². The van der Waals surface area contributed by atoms with Crippen molar-refractivity contribution in [3.05, 3.63) is 52.9 Å². The normalized spacial score (nSPS) is 36.1. The lowest BCUT2D eigenvalue weighted by molar-refractivity contribution is -0.173. The molecule has 9 heteroatoms. The number of thioether (sulfide) groups is 1. The molecule has 0 radical (unpaired) electrons. The first-order chi connectivity index (χ1) is 19.0. The van der Waals surface area contributed by atoms with Gasteiger partial charge in [-0.25, -0.2) is 4.68 Å². The second-order valence-electron chi connectivity index (χ2n) is 12.8. The molecule has 7 atom stereocenters. The monoisotopic (exact) mass is 581 g/mol. The number of nitrogens with one attached hydrogen (secondary N) is 1. The van der Waals surface area contributed by atoms with Gasteiger partial charge in [-0.15, -0.1) is 12.6 Å². The molecule has 4 aliphatic carbocycles. The molecule has 4 aliphatic rings. The second-order valence-corrected chi connectivity index (χ2v) is 14.1. The second kappa shape index (κ2) is 10.0. The van der Waals surface area contributed by atoms with Gasteiger partial charge >= 0.3 is 0 Å². The Morgan fingerprint density at radius 2 is 2.08 bits per heavy atom. The summed E-state index contributed by atoms with van der Waals surface area (Å²) in [6, 6.07) is 7.59. The number of fused-ring (bicyclic) bond motifs is 6. The minimum atomic E-state index is -1.48. The van der Waals surface area contributed by atoms with Gasteiger partial charge in [0, 0.05) is 23.3 Å². The highest BCUT2D eigenvalue weighted by molar-refractivity contribution is 7.98. The summed E-state index contributed by atoms with van der Waals surface area (Å²) < 4.78 is 1.93. The van der Waals surface area contributed by atoms with E-state index in [4.69, 9.17) is 5.10 Å². The lowest BCUT2D eigenvalue weighted by Gasteiger charge is -2.60. The molecule has 0 unspecified atom stereocenters. The van der Waals surface area contributed by atoms with Crippen molar-refractivity contribution < 1.29 is 19.8 Å². The molecule has 0 saturated heterocycles. The average Bonchev–Trinajstić information content (AvgIpc) is 3.44. The Kier molecular flexibility index (Phi) is 7.04.